The molecule has 0 unspecified atom stereocenters. The Hall–Kier alpha value is -1.55. The Bertz CT molecular complexity index is 509. The second-order valence-electron chi connectivity index (χ2n) is 6.22. The second kappa shape index (κ2) is 6.06. The number of hydrogen-bond acceptors (Lipinski definition) is 3. The fourth-order valence-electron chi connectivity index (χ4n) is 3.55. The molecule has 1 aliphatic carbocycles. The van der Waals surface area contributed by atoms with E-state index in [-0.39, 0.29) is 11.8 Å². The van der Waals surface area contributed by atoms with Crippen molar-refractivity contribution in [2.45, 2.75) is 25.7 Å². The van der Waals surface area contributed by atoms with Crippen LogP contribution >= 0.6 is 0 Å². The highest BCUT2D eigenvalue weighted by atomic mass is 16.5. The molecule has 4 heteroatoms. The summed E-state index contributed by atoms with van der Waals surface area (Å²) >= 11 is 0. The van der Waals surface area contributed by atoms with E-state index in [0.29, 0.717) is 12.0 Å². The zero-order chi connectivity index (χ0) is 14.7. The monoisotopic (exact) mass is 288 g/mol. The van der Waals surface area contributed by atoms with Crippen molar-refractivity contribution in [2.75, 3.05) is 26.7 Å². The first-order valence-corrected chi connectivity index (χ1v) is 7.85. The summed E-state index contributed by atoms with van der Waals surface area (Å²) in [6, 6.07) is 7.98. The molecule has 1 aromatic rings. The van der Waals surface area contributed by atoms with Crippen molar-refractivity contribution in [1.29, 1.82) is 0 Å². The number of nitrogens with one attached hydrogen (secondary N) is 2. The third kappa shape index (κ3) is 3.05. The van der Waals surface area contributed by atoms with E-state index in [0.717, 1.165) is 50.1 Å². The molecule has 3 rings (SSSR count). The highest BCUT2D eigenvalue weighted by Gasteiger charge is 2.57. The van der Waals surface area contributed by atoms with E-state index in [1.807, 2.05) is 18.2 Å². The van der Waals surface area contributed by atoms with Gasteiger partial charge in [0.2, 0.25) is 5.91 Å². The predicted molar refractivity (Wildman–Crippen MR) is 82.4 cm³/mol. The van der Waals surface area contributed by atoms with Crippen molar-refractivity contribution >= 4 is 5.91 Å². The van der Waals surface area contributed by atoms with E-state index < -0.39 is 0 Å². The first kappa shape index (κ1) is 14.4. The summed E-state index contributed by atoms with van der Waals surface area (Å²) in [6.07, 6.45) is 4.20. The average Bonchev–Trinajstić information content (AvgIpc) is 3.21. The molecule has 0 aromatic heterocycles. The van der Waals surface area contributed by atoms with E-state index in [9.17, 15) is 4.79 Å². The molecule has 2 fully saturated rings. The van der Waals surface area contributed by atoms with Gasteiger partial charge < -0.3 is 15.4 Å². The third-order valence-electron chi connectivity index (χ3n) is 4.99. The van der Waals surface area contributed by atoms with Gasteiger partial charge in [-0.05, 0) is 55.8 Å². The van der Waals surface area contributed by atoms with E-state index in [1.165, 1.54) is 0 Å². The van der Waals surface area contributed by atoms with Gasteiger partial charge in [-0.25, -0.2) is 0 Å². The molecule has 0 radical (unpaired) electrons. The van der Waals surface area contributed by atoms with Crippen molar-refractivity contribution in [2.24, 2.45) is 11.3 Å². The summed E-state index contributed by atoms with van der Waals surface area (Å²) in [4.78, 5) is 12.3. The van der Waals surface area contributed by atoms with Crippen LogP contribution in [0.4, 0.5) is 0 Å². The van der Waals surface area contributed by atoms with Crippen LogP contribution in [0.2, 0.25) is 0 Å². The highest BCUT2D eigenvalue weighted by Crippen LogP contribution is 2.58. The Labute approximate surface area is 126 Å². The van der Waals surface area contributed by atoms with Gasteiger partial charge in [-0.15, -0.1) is 0 Å². The maximum atomic E-state index is 12.3. The maximum Gasteiger partial charge on any atom is 0.223 e. The summed E-state index contributed by atoms with van der Waals surface area (Å²) in [5.74, 6) is 1.39. The number of piperidine rings is 1. The number of amides is 1. The summed E-state index contributed by atoms with van der Waals surface area (Å²) < 4.78 is 5.33. The Kier molecular flexibility index (Phi) is 4.15. The van der Waals surface area contributed by atoms with Crippen molar-refractivity contribution < 1.29 is 9.53 Å². The minimum Gasteiger partial charge on any atom is -0.496 e. The van der Waals surface area contributed by atoms with Gasteiger partial charge in [-0.1, -0.05) is 18.2 Å². The molecule has 1 aromatic carbocycles. The van der Waals surface area contributed by atoms with Gasteiger partial charge in [0.25, 0.3) is 0 Å². The lowest BCUT2D eigenvalue weighted by Crippen LogP contribution is -2.34. The molecule has 2 N–H and O–H groups in total. The zero-order valence-corrected chi connectivity index (χ0v) is 12.7. The molecule has 1 saturated heterocycles. The average molecular weight is 288 g/mol. The molecule has 1 aliphatic heterocycles. The number of methoxy groups -OCH3 is 1. The number of rotatable bonds is 5. The highest BCUT2D eigenvalue weighted by molar-refractivity contribution is 5.82. The second-order valence-corrected chi connectivity index (χ2v) is 6.22. The van der Waals surface area contributed by atoms with Crippen molar-refractivity contribution in [3.63, 3.8) is 0 Å². The van der Waals surface area contributed by atoms with Gasteiger partial charge in [0.05, 0.1) is 7.11 Å². The molecule has 1 heterocycles. The van der Waals surface area contributed by atoms with Crippen LogP contribution in [0.5, 0.6) is 5.75 Å². The number of ether oxygens (including phenoxy) is 1. The summed E-state index contributed by atoms with van der Waals surface area (Å²) in [5, 5.41) is 6.47. The van der Waals surface area contributed by atoms with Crippen molar-refractivity contribution in [3.05, 3.63) is 29.8 Å². The Morgan fingerprint density at radius 2 is 2.14 bits per heavy atom. The van der Waals surface area contributed by atoms with Crippen LogP contribution in [0, 0.1) is 11.3 Å². The van der Waals surface area contributed by atoms with Crippen LogP contribution in [-0.4, -0.2) is 32.7 Å². The minimum absolute atomic E-state index is 0.242. The standard InChI is InChI=1S/C17H24N2O2/c1-21-15-5-3-2-4-13(15)6-9-19-16(20)14-12-17(14)7-10-18-11-8-17/h2-5,14,18H,6-12H2,1H3,(H,19,20)/t14-/m1/s1. The third-order valence-corrected chi connectivity index (χ3v) is 4.99. The predicted octanol–water partition coefficient (Wildman–Crippen LogP) is 1.74. The summed E-state index contributed by atoms with van der Waals surface area (Å²) in [5.41, 5.74) is 1.47. The zero-order valence-electron chi connectivity index (χ0n) is 12.7. The molecule has 1 atom stereocenters. The van der Waals surface area contributed by atoms with E-state index in [4.69, 9.17) is 4.74 Å². The SMILES string of the molecule is COc1ccccc1CCNC(=O)[C@H]1CC12CCNCC2. The van der Waals surface area contributed by atoms with Crippen LogP contribution in [-0.2, 0) is 11.2 Å². The quantitative estimate of drug-likeness (QED) is 0.868. The van der Waals surface area contributed by atoms with Crippen molar-refractivity contribution in [3.8, 4) is 5.75 Å². The first-order chi connectivity index (χ1) is 10.2. The Balaban J connectivity index is 1.47. The fourth-order valence-corrected chi connectivity index (χ4v) is 3.55. The molecule has 114 valence electrons. The van der Waals surface area contributed by atoms with Gasteiger partial charge >= 0.3 is 0 Å². The molecular formula is C17H24N2O2. The molecule has 1 saturated carbocycles. The normalized spacial score (nSPS) is 22.8. The van der Waals surface area contributed by atoms with E-state index in [1.54, 1.807) is 7.11 Å². The number of carbonyl (C=O) groups is 1. The fraction of sp³-hybridized carbons (Fsp3) is 0.588. The topological polar surface area (TPSA) is 50.4 Å². The van der Waals surface area contributed by atoms with E-state index >= 15 is 0 Å². The molecule has 4 nitrogen and oxygen atoms in total. The van der Waals surface area contributed by atoms with Crippen LogP contribution < -0.4 is 15.4 Å². The Morgan fingerprint density at radius 1 is 1.38 bits per heavy atom. The minimum atomic E-state index is 0.242. The molecule has 1 spiro atoms. The van der Waals surface area contributed by atoms with Gasteiger partial charge in [0.15, 0.2) is 0 Å². The van der Waals surface area contributed by atoms with Crippen LogP contribution in [0.15, 0.2) is 24.3 Å². The maximum absolute atomic E-state index is 12.3. The number of carbonyl (C=O) groups excluding carboxylic acids is 1. The smallest absolute Gasteiger partial charge is 0.223 e. The molecule has 21 heavy (non-hydrogen) atoms. The number of hydrogen-bond donors (Lipinski definition) is 2. The number of para-hydroxylation sites is 1. The lowest BCUT2D eigenvalue weighted by molar-refractivity contribution is -0.123. The number of benzene rings is 1. The van der Waals surface area contributed by atoms with Crippen LogP contribution in [0.3, 0.4) is 0 Å². The van der Waals surface area contributed by atoms with Gasteiger partial charge in [0.1, 0.15) is 5.75 Å². The molecule has 0 bridgehead atoms. The van der Waals surface area contributed by atoms with Crippen molar-refractivity contribution in [1.82, 2.24) is 10.6 Å². The molecule has 2 aliphatic rings. The van der Waals surface area contributed by atoms with Gasteiger partial charge in [-0.3, -0.25) is 4.79 Å². The van der Waals surface area contributed by atoms with Crippen LogP contribution in [0.25, 0.3) is 0 Å². The summed E-state index contributed by atoms with van der Waals surface area (Å²) in [6.45, 7) is 2.81. The largest absolute Gasteiger partial charge is 0.496 e. The molecular weight excluding hydrogens is 264 g/mol. The van der Waals surface area contributed by atoms with Gasteiger partial charge in [-0.2, -0.15) is 0 Å². The van der Waals surface area contributed by atoms with Gasteiger partial charge in [0, 0.05) is 12.5 Å². The summed E-state index contributed by atoms with van der Waals surface area (Å²) in [7, 11) is 1.68. The van der Waals surface area contributed by atoms with Crippen LogP contribution in [0.1, 0.15) is 24.8 Å². The Morgan fingerprint density at radius 3 is 2.90 bits per heavy atom. The lowest BCUT2D eigenvalue weighted by Gasteiger charge is -2.23. The lowest BCUT2D eigenvalue weighted by atomic mass is 9.92. The first-order valence-electron chi connectivity index (χ1n) is 7.85. The molecule has 1 amide bonds. The van der Waals surface area contributed by atoms with E-state index in [2.05, 4.69) is 16.7 Å².